The molecule has 0 bridgehead atoms. The van der Waals surface area contributed by atoms with Crippen molar-refractivity contribution >= 4 is 5.69 Å². The Balaban J connectivity index is 2.40. The minimum atomic E-state index is 0.0913. The molecule has 0 spiro atoms. The summed E-state index contributed by atoms with van der Waals surface area (Å²) in [5.74, 6) is 0. The van der Waals surface area contributed by atoms with Crippen LogP contribution >= 0.6 is 0 Å². The summed E-state index contributed by atoms with van der Waals surface area (Å²) in [6.07, 6.45) is 0. The molecular formula is C12H19NO2. The number of aryl methyl sites for hydroxylation is 1. The number of rotatable bonds is 6. The number of benzene rings is 1. The van der Waals surface area contributed by atoms with E-state index in [2.05, 4.69) is 24.0 Å². The van der Waals surface area contributed by atoms with Gasteiger partial charge in [-0.25, -0.2) is 0 Å². The zero-order valence-corrected chi connectivity index (χ0v) is 9.44. The van der Waals surface area contributed by atoms with Crippen molar-refractivity contribution in [3.63, 3.8) is 0 Å². The second-order valence-corrected chi connectivity index (χ2v) is 3.54. The Morgan fingerprint density at radius 2 is 2.00 bits per heavy atom. The lowest BCUT2D eigenvalue weighted by molar-refractivity contribution is 0.0971. The van der Waals surface area contributed by atoms with Gasteiger partial charge < -0.3 is 14.7 Å². The molecule has 0 aliphatic heterocycles. The van der Waals surface area contributed by atoms with Gasteiger partial charge in [-0.05, 0) is 18.6 Å². The molecular weight excluding hydrogens is 190 g/mol. The summed E-state index contributed by atoms with van der Waals surface area (Å²) < 4.78 is 5.22. The summed E-state index contributed by atoms with van der Waals surface area (Å²) in [4.78, 5) is 2.16. The van der Waals surface area contributed by atoms with E-state index < -0.39 is 0 Å². The Kier molecular flexibility index (Phi) is 5.15. The van der Waals surface area contributed by atoms with Crippen LogP contribution in [0.5, 0.6) is 0 Å². The Labute approximate surface area is 91.3 Å². The molecule has 84 valence electrons. The van der Waals surface area contributed by atoms with Gasteiger partial charge in [0.2, 0.25) is 0 Å². The largest absolute Gasteiger partial charge is 0.394 e. The SMILES string of the molecule is Cc1ccccc1N(C)CCOCCO. The average molecular weight is 209 g/mol. The molecule has 1 aromatic rings. The van der Waals surface area contributed by atoms with Crippen molar-refractivity contribution in [3.8, 4) is 0 Å². The number of aliphatic hydroxyl groups is 1. The first-order chi connectivity index (χ1) is 7.25. The van der Waals surface area contributed by atoms with Crippen molar-refractivity contribution in [2.75, 3.05) is 38.3 Å². The Morgan fingerprint density at radius 1 is 1.27 bits per heavy atom. The molecule has 0 fully saturated rings. The molecule has 0 aromatic heterocycles. The first-order valence-corrected chi connectivity index (χ1v) is 5.21. The van der Waals surface area contributed by atoms with E-state index in [9.17, 15) is 0 Å². The first kappa shape index (κ1) is 12.0. The summed E-state index contributed by atoms with van der Waals surface area (Å²) in [6.45, 7) is 4.09. The molecule has 0 atom stereocenters. The van der Waals surface area contributed by atoms with Gasteiger partial charge in [-0.2, -0.15) is 0 Å². The number of aliphatic hydroxyl groups excluding tert-OH is 1. The molecule has 0 radical (unpaired) electrons. The van der Waals surface area contributed by atoms with E-state index in [0.29, 0.717) is 13.2 Å². The van der Waals surface area contributed by atoms with Gasteiger partial charge in [-0.15, -0.1) is 0 Å². The molecule has 15 heavy (non-hydrogen) atoms. The van der Waals surface area contributed by atoms with Gasteiger partial charge >= 0.3 is 0 Å². The molecule has 3 heteroatoms. The fraction of sp³-hybridized carbons (Fsp3) is 0.500. The maximum absolute atomic E-state index is 8.55. The minimum absolute atomic E-state index is 0.0913. The molecule has 0 aliphatic rings. The van der Waals surface area contributed by atoms with Gasteiger partial charge in [0.05, 0.1) is 19.8 Å². The van der Waals surface area contributed by atoms with Gasteiger partial charge in [0.25, 0.3) is 0 Å². The number of nitrogens with zero attached hydrogens (tertiary/aromatic N) is 1. The van der Waals surface area contributed by atoms with Crippen molar-refractivity contribution in [1.82, 2.24) is 0 Å². The van der Waals surface area contributed by atoms with Gasteiger partial charge in [-0.1, -0.05) is 18.2 Å². The molecule has 1 rings (SSSR count). The van der Waals surface area contributed by atoms with Gasteiger partial charge in [0.15, 0.2) is 0 Å². The van der Waals surface area contributed by atoms with E-state index in [0.717, 1.165) is 6.54 Å². The highest BCUT2D eigenvalue weighted by Crippen LogP contribution is 2.16. The van der Waals surface area contributed by atoms with Crippen molar-refractivity contribution in [1.29, 1.82) is 0 Å². The second kappa shape index (κ2) is 6.43. The normalized spacial score (nSPS) is 10.3. The molecule has 0 aliphatic carbocycles. The van der Waals surface area contributed by atoms with E-state index >= 15 is 0 Å². The maximum atomic E-state index is 8.55. The standard InChI is InChI=1S/C12H19NO2/c1-11-5-3-4-6-12(11)13(2)7-9-15-10-8-14/h3-6,14H,7-10H2,1-2H3. The Morgan fingerprint density at radius 3 is 2.67 bits per heavy atom. The fourth-order valence-corrected chi connectivity index (χ4v) is 1.48. The zero-order chi connectivity index (χ0) is 11.1. The van der Waals surface area contributed by atoms with Crippen LogP contribution in [0.4, 0.5) is 5.69 Å². The van der Waals surface area contributed by atoms with Crippen LogP contribution in [0, 0.1) is 6.92 Å². The molecule has 0 saturated heterocycles. The monoisotopic (exact) mass is 209 g/mol. The van der Waals surface area contributed by atoms with E-state index in [-0.39, 0.29) is 6.61 Å². The van der Waals surface area contributed by atoms with Crippen LogP contribution in [0.15, 0.2) is 24.3 Å². The number of hydrogen-bond donors (Lipinski definition) is 1. The number of ether oxygens (including phenoxy) is 1. The van der Waals surface area contributed by atoms with Gasteiger partial charge in [0.1, 0.15) is 0 Å². The van der Waals surface area contributed by atoms with Crippen LogP contribution in [-0.2, 0) is 4.74 Å². The van der Waals surface area contributed by atoms with E-state index in [1.54, 1.807) is 0 Å². The lowest BCUT2D eigenvalue weighted by atomic mass is 10.2. The van der Waals surface area contributed by atoms with E-state index in [1.807, 2.05) is 19.2 Å². The van der Waals surface area contributed by atoms with E-state index in [4.69, 9.17) is 9.84 Å². The van der Waals surface area contributed by atoms with Crippen molar-refractivity contribution in [2.24, 2.45) is 0 Å². The van der Waals surface area contributed by atoms with Gasteiger partial charge in [0, 0.05) is 19.3 Å². The zero-order valence-electron chi connectivity index (χ0n) is 9.44. The molecule has 1 aromatic carbocycles. The summed E-state index contributed by atoms with van der Waals surface area (Å²) >= 11 is 0. The average Bonchev–Trinajstić information content (AvgIpc) is 2.25. The second-order valence-electron chi connectivity index (χ2n) is 3.54. The lowest BCUT2D eigenvalue weighted by Crippen LogP contribution is -2.23. The number of likely N-dealkylation sites (N-methyl/N-ethyl adjacent to an activating group) is 1. The number of anilines is 1. The number of hydrogen-bond acceptors (Lipinski definition) is 3. The Hall–Kier alpha value is -1.06. The summed E-state index contributed by atoms with van der Waals surface area (Å²) in [5, 5.41) is 8.55. The smallest absolute Gasteiger partial charge is 0.0698 e. The third-order valence-corrected chi connectivity index (χ3v) is 2.33. The van der Waals surface area contributed by atoms with Crippen LogP contribution < -0.4 is 4.90 Å². The minimum Gasteiger partial charge on any atom is -0.394 e. The lowest BCUT2D eigenvalue weighted by Gasteiger charge is -2.21. The van der Waals surface area contributed by atoms with Crippen LogP contribution in [-0.4, -0.2) is 38.5 Å². The molecule has 1 N–H and O–H groups in total. The van der Waals surface area contributed by atoms with Crippen molar-refractivity contribution in [2.45, 2.75) is 6.92 Å². The van der Waals surface area contributed by atoms with Crippen molar-refractivity contribution in [3.05, 3.63) is 29.8 Å². The van der Waals surface area contributed by atoms with E-state index in [1.165, 1.54) is 11.3 Å². The summed E-state index contributed by atoms with van der Waals surface area (Å²) in [7, 11) is 2.05. The molecule has 0 amide bonds. The van der Waals surface area contributed by atoms with Gasteiger partial charge in [-0.3, -0.25) is 0 Å². The predicted octanol–water partition coefficient (Wildman–Crippen LogP) is 1.44. The topological polar surface area (TPSA) is 32.7 Å². The predicted molar refractivity (Wildman–Crippen MR) is 62.4 cm³/mol. The first-order valence-electron chi connectivity index (χ1n) is 5.21. The maximum Gasteiger partial charge on any atom is 0.0698 e. The quantitative estimate of drug-likeness (QED) is 0.720. The highest BCUT2D eigenvalue weighted by molar-refractivity contribution is 5.52. The molecule has 3 nitrogen and oxygen atoms in total. The van der Waals surface area contributed by atoms with Crippen LogP contribution in [0.25, 0.3) is 0 Å². The fourth-order valence-electron chi connectivity index (χ4n) is 1.48. The number of para-hydroxylation sites is 1. The van der Waals surface area contributed by atoms with Crippen molar-refractivity contribution < 1.29 is 9.84 Å². The summed E-state index contributed by atoms with van der Waals surface area (Å²) in [5.41, 5.74) is 2.49. The third-order valence-electron chi connectivity index (χ3n) is 2.33. The van der Waals surface area contributed by atoms with Crippen LogP contribution in [0.2, 0.25) is 0 Å². The molecule has 0 heterocycles. The Bertz CT molecular complexity index is 289. The van der Waals surface area contributed by atoms with Crippen LogP contribution in [0.3, 0.4) is 0 Å². The van der Waals surface area contributed by atoms with Crippen LogP contribution in [0.1, 0.15) is 5.56 Å². The highest BCUT2D eigenvalue weighted by atomic mass is 16.5. The highest BCUT2D eigenvalue weighted by Gasteiger charge is 2.02. The third kappa shape index (κ3) is 3.90. The molecule has 0 unspecified atom stereocenters. The summed E-state index contributed by atoms with van der Waals surface area (Å²) in [6, 6.07) is 8.27. The molecule has 0 saturated carbocycles.